The third-order valence-corrected chi connectivity index (χ3v) is 5.71. The highest BCUT2D eigenvalue weighted by molar-refractivity contribution is 6.38. The van der Waals surface area contributed by atoms with Crippen LogP contribution >= 0.6 is 11.6 Å². The van der Waals surface area contributed by atoms with E-state index in [-0.39, 0.29) is 11.8 Å². The molecular weight excluding hydrogens is 388 g/mol. The number of hydrogen-bond donors (Lipinski definition) is 2. The average molecular weight is 411 g/mol. The largest absolute Gasteiger partial charge is 0.349 e. The molecule has 1 aromatic heterocycles. The second-order valence-electron chi connectivity index (χ2n) is 7.33. The summed E-state index contributed by atoms with van der Waals surface area (Å²) in [6.45, 7) is 3.64. The number of carbonyl (C=O) groups excluding carboxylic acids is 2. The van der Waals surface area contributed by atoms with Crippen LogP contribution in [-0.4, -0.2) is 59.8 Å². The van der Waals surface area contributed by atoms with E-state index in [1.807, 2.05) is 53.4 Å². The first-order valence-electron chi connectivity index (χ1n) is 9.64. The van der Waals surface area contributed by atoms with Crippen LogP contribution in [0.4, 0.5) is 0 Å². The van der Waals surface area contributed by atoms with Gasteiger partial charge < -0.3 is 20.1 Å². The zero-order valence-corrected chi connectivity index (χ0v) is 17.0. The quantitative estimate of drug-likeness (QED) is 0.694. The predicted octanol–water partition coefficient (Wildman–Crippen LogP) is 3.14. The molecule has 2 N–H and O–H groups in total. The second kappa shape index (κ2) is 8.27. The SMILES string of the molecule is CN1CCN(C(=O)c2ccc(CNC(=O)c3[nH]c4ccccc4c3Cl)cc2)CC1. The van der Waals surface area contributed by atoms with Crippen molar-refractivity contribution in [2.24, 2.45) is 0 Å². The Balaban J connectivity index is 1.38. The molecule has 2 aromatic carbocycles. The first kappa shape index (κ1) is 19.5. The minimum atomic E-state index is -0.260. The number of piperazine rings is 1. The van der Waals surface area contributed by atoms with Crippen LogP contribution < -0.4 is 5.32 Å². The lowest BCUT2D eigenvalue weighted by atomic mass is 10.1. The molecule has 3 aromatic rings. The number of nitrogens with zero attached hydrogens (tertiary/aromatic N) is 2. The van der Waals surface area contributed by atoms with Crippen LogP contribution in [0.15, 0.2) is 48.5 Å². The third-order valence-electron chi connectivity index (χ3n) is 5.31. The van der Waals surface area contributed by atoms with Crippen molar-refractivity contribution in [3.8, 4) is 0 Å². The van der Waals surface area contributed by atoms with Gasteiger partial charge in [0.05, 0.1) is 5.02 Å². The maximum absolute atomic E-state index is 12.6. The average Bonchev–Trinajstić information content (AvgIpc) is 3.09. The fraction of sp³-hybridized carbons (Fsp3) is 0.273. The van der Waals surface area contributed by atoms with E-state index in [2.05, 4.69) is 22.2 Å². The number of hydrogen-bond acceptors (Lipinski definition) is 3. The Hall–Kier alpha value is -2.83. The normalized spacial score (nSPS) is 14.9. The maximum atomic E-state index is 12.6. The van der Waals surface area contributed by atoms with Crippen molar-refractivity contribution in [2.75, 3.05) is 33.2 Å². The molecule has 7 heteroatoms. The summed E-state index contributed by atoms with van der Waals surface area (Å²) < 4.78 is 0. The molecular formula is C22H23ClN4O2. The molecule has 0 bridgehead atoms. The number of aromatic nitrogens is 1. The predicted molar refractivity (Wildman–Crippen MR) is 114 cm³/mol. The molecule has 0 saturated carbocycles. The highest BCUT2D eigenvalue weighted by atomic mass is 35.5. The van der Waals surface area contributed by atoms with E-state index >= 15 is 0 Å². The van der Waals surface area contributed by atoms with E-state index in [9.17, 15) is 9.59 Å². The number of likely N-dealkylation sites (N-methyl/N-ethyl adjacent to an activating group) is 1. The first-order chi connectivity index (χ1) is 14.0. The van der Waals surface area contributed by atoms with Crippen molar-refractivity contribution in [3.05, 3.63) is 70.4 Å². The fourth-order valence-corrected chi connectivity index (χ4v) is 3.79. The molecule has 1 saturated heterocycles. The van der Waals surface area contributed by atoms with Gasteiger partial charge in [-0.2, -0.15) is 0 Å². The number of halogens is 1. The summed E-state index contributed by atoms with van der Waals surface area (Å²) in [6.07, 6.45) is 0. The molecule has 1 aliphatic heterocycles. The van der Waals surface area contributed by atoms with Crippen LogP contribution in [0.2, 0.25) is 5.02 Å². The summed E-state index contributed by atoms with van der Waals surface area (Å²) in [5.41, 5.74) is 2.77. The summed E-state index contributed by atoms with van der Waals surface area (Å²) in [5.74, 6) is -0.206. The van der Waals surface area contributed by atoms with Gasteiger partial charge in [0, 0.05) is 49.2 Å². The molecule has 2 amide bonds. The first-order valence-corrected chi connectivity index (χ1v) is 10.0. The molecule has 0 unspecified atom stereocenters. The summed E-state index contributed by atoms with van der Waals surface area (Å²) in [4.78, 5) is 32.3. The van der Waals surface area contributed by atoms with Gasteiger partial charge in [0.1, 0.15) is 5.69 Å². The molecule has 4 rings (SSSR count). The molecule has 0 atom stereocenters. The van der Waals surface area contributed by atoms with Gasteiger partial charge in [-0.3, -0.25) is 9.59 Å². The number of H-pyrrole nitrogens is 1. The Morgan fingerprint density at radius 2 is 1.72 bits per heavy atom. The maximum Gasteiger partial charge on any atom is 0.269 e. The van der Waals surface area contributed by atoms with Gasteiger partial charge in [-0.05, 0) is 30.8 Å². The van der Waals surface area contributed by atoms with Crippen LogP contribution in [0.5, 0.6) is 0 Å². The van der Waals surface area contributed by atoms with Crippen molar-refractivity contribution in [1.82, 2.24) is 20.1 Å². The number of benzene rings is 2. The number of nitrogens with one attached hydrogen (secondary N) is 2. The smallest absolute Gasteiger partial charge is 0.269 e. The number of fused-ring (bicyclic) bond motifs is 1. The number of rotatable bonds is 4. The van der Waals surface area contributed by atoms with Crippen LogP contribution in [0.1, 0.15) is 26.4 Å². The van der Waals surface area contributed by atoms with Crippen LogP contribution in [-0.2, 0) is 6.54 Å². The molecule has 150 valence electrons. The molecule has 6 nitrogen and oxygen atoms in total. The molecule has 0 aliphatic carbocycles. The van der Waals surface area contributed by atoms with Crippen molar-refractivity contribution >= 4 is 34.3 Å². The van der Waals surface area contributed by atoms with Gasteiger partial charge in [-0.15, -0.1) is 0 Å². The molecule has 2 heterocycles. The van der Waals surface area contributed by atoms with Crippen LogP contribution in [0, 0.1) is 0 Å². The minimum Gasteiger partial charge on any atom is -0.349 e. The monoisotopic (exact) mass is 410 g/mol. The Labute approximate surface area is 174 Å². The Bertz CT molecular complexity index is 1040. The van der Waals surface area contributed by atoms with E-state index in [1.54, 1.807) is 0 Å². The zero-order valence-electron chi connectivity index (χ0n) is 16.2. The molecule has 29 heavy (non-hydrogen) atoms. The Kier molecular flexibility index (Phi) is 5.56. The number of para-hydroxylation sites is 1. The zero-order chi connectivity index (χ0) is 20.4. The number of aromatic amines is 1. The van der Waals surface area contributed by atoms with Crippen molar-refractivity contribution < 1.29 is 9.59 Å². The van der Waals surface area contributed by atoms with Gasteiger partial charge >= 0.3 is 0 Å². The van der Waals surface area contributed by atoms with E-state index in [4.69, 9.17) is 11.6 Å². The Morgan fingerprint density at radius 1 is 1.03 bits per heavy atom. The highest BCUT2D eigenvalue weighted by Crippen LogP contribution is 2.27. The highest BCUT2D eigenvalue weighted by Gasteiger charge is 2.20. The second-order valence-corrected chi connectivity index (χ2v) is 7.71. The number of amides is 2. The summed E-state index contributed by atoms with van der Waals surface area (Å²) in [5, 5.41) is 4.13. The standard InChI is InChI=1S/C22H23ClN4O2/c1-26-10-12-27(13-11-26)22(29)16-8-6-15(7-9-16)14-24-21(28)20-19(23)17-4-2-3-5-18(17)25-20/h2-9,25H,10-14H2,1H3,(H,24,28). The van der Waals surface area contributed by atoms with Gasteiger partial charge in [0.25, 0.3) is 11.8 Å². The van der Waals surface area contributed by atoms with Gasteiger partial charge in [-0.25, -0.2) is 0 Å². The third kappa shape index (κ3) is 4.13. The van der Waals surface area contributed by atoms with E-state index in [0.717, 1.165) is 42.6 Å². The minimum absolute atomic E-state index is 0.0542. The van der Waals surface area contributed by atoms with Crippen molar-refractivity contribution in [1.29, 1.82) is 0 Å². The van der Waals surface area contributed by atoms with Gasteiger partial charge in [0.2, 0.25) is 0 Å². The van der Waals surface area contributed by atoms with E-state index < -0.39 is 0 Å². The lowest BCUT2D eigenvalue weighted by Crippen LogP contribution is -2.47. The van der Waals surface area contributed by atoms with Crippen LogP contribution in [0.3, 0.4) is 0 Å². The molecule has 0 spiro atoms. The van der Waals surface area contributed by atoms with Crippen molar-refractivity contribution in [2.45, 2.75) is 6.54 Å². The lowest BCUT2D eigenvalue weighted by molar-refractivity contribution is 0.0664. The molecule has 1 fully saturated rings. The Morgan fingerprint density at radius 3 is 2.41 bits per heavy atom. The molecule has 1 aliphatic rings. The summed E-state index contributed by atoms with van der Waals surface area (Å²) in [7, 11) is 2.06. The fourth-order valence-electron chi connectivity index (χ4n) is 3.49. The van der Waals surface area contributed by atoms with E-state index in [1.165, 1.54) is 0 Å². The lowest BCUT2D eigenvalue weighted by Gasteiger charge is -2.32. The summed E-state index contributed by atoms with van der Waals surface area (Å²) >= 11 is 6.33. The van der Waals surface area contributed by atoms with E-state index in [0.29, 0.717) is 22.8 Å². The van der Waals surface area contributed by atoms with Gasteiger partial charge in [-0.1, -0.05) is 41.9 Å². The van der Waals surface area contributed by atoms with Crippen LogP contribution in [0.25, 0.3) is 10.9 Å². The molecule has 0 radical (unpaired) electrons. The van der Waals surface area contributed by atoms with Crippen molar-refractivity contribution in [3.63, 3.8) is 0 Å². The summed E-state index contributed by atoms with van der Waals surface area (Å²) in [6, 6.07) is 14.9. The van der Waals surface area contributed by atoms with Gasteiger partial charge in [0.15, 0.2) is 0 Å². The number of carbonyl (C=O) groups is 2. The topological polar surface area (TPSA) is 68.4 Å².